The van der Waals surface area contributed by atoms with Crippen LogP contribution in [0.2, 0.25) is 0 Å². The Morgan fingerprint density at radius 2 is 2.00 bits per heavy atom. The van der Waals surface area contributed by atoms with Crippen LogP contribution < -0.4 is 0 Å². The minimum Gasteiger partial charge on any atom is -0.507 e. The average molecular weight is 383 g/mol. The second-order valence-electron chi connectivity index (χ2n) is 4.78. The first kappa shape index (κ1) is 15.5. The number of nitriles is 1. The van der Waals surface area contributed by atoms with Gasteiger partial charge in [0.25, 0.3) is 0 Å². The monoisotopic (exact) mass is 382 g/mol. The predicted octanol–water partition coefficient (Wildman–Crippen LogP) is 5.34. The maximum atomic E-state index is 9.54. The van der Waals surface area contributed by atoms with Crippen LogP contribution in [0.4, 0.5) is 0 Å². The number of allylic oxidation sites excluding steroid dienone is 1. The Hall–Kier alpha value is -2.42. The zero-order chi connectivity index (χ0) is 16.2. The third-order valence-electron chi connectivity index (χ3n) is 3.21. The molecule has 1 heterocycles. The lowest BCUT2D eigenvalue weighted by atomic mass is 10.1. The molecule has 0 spiro atoms. The van der Waals surface area contributed by atoms with Gasteiger partial charge in [0.05, 0.1) is 15.7 Å². The van der Waals surface area contributed by atoms with Gasteiger partial charge >= 0.3 is 0 Å². The fourth-order valence-electron chi connectivity index (χ4n) is 2.06. The summed E-state index contributed by atoms with van der Waals surface area (Å²) in [5, 5.41) is 21.6. The third-order valence-corrected chi connectivity index (χ3v) is 4.72. The summed E-state index contributed by atoms with van der Waals surface area (Å²) in [5.41, 5.74) is 3.20. The minimum absolute atomic E-state index is 0.168. The lowest BCUT2D eigenvalue weighted by Crippen LogP contribution is -1.83. The molecule has 3 aromatic rings. The van der Waals surface area contributed by atoms with Crippen molar-refractivity contribution in [2.45, 2.75) is 0 Å². The topological polar surface area (TPSA) is 56.9 Å². The van der Waals surface area contributed by atoms with Gasteiger partial charge in [0.2, 0.25) is 0 Å². The SMILES string of the molecule is N#CC(=Cc1ccc(O)c(Br)c1)c1nc(-c2ccccc2)cs1. The molecule has 0 saturated heterocycles. The Morgan fingerprint density at radius 1 is 1.22 bits per heavy atom. The molecular weight excluding hydrogens is 372 g/mol. The van der Waals surface area contributed by atoms with Crippen molar-refractivity contribution in [1.82, 2.24) is 4.98 Å². The molecule has 0 unspecified atom stereocenters. The average Bonchev–Trinajstić information content (AvgIpc) is 3.06. The fourth-order valence-corrected chi connectivity index (χ4v) is 3.25. The first-order valence-corrected chi connectivity index (χ1v) is 8.46. The van der Waals surface area contributed by atoms with E-state index in [1.54, 1.807) is 24.3 Å². The van der Waals surface area contributed by atoms with Crippen molar-refractivity contribution >= 4 is 38.9 Å². The molecule has 0 aliphatic carbocycles. The highest BCUT2D eigenvalue weighted by Crippen LogP contribution is 2.29. The van der Waals surface area contributed by atoms with E-state index in [1.807, 2.05) is 35.7 Å². The Bertz CT molecular complexity index is 910. The van der Waals surface area contributed by atoms with Crippen LogP contribution in [0, 0.1) is 11.3 Å². The summed E-state index contributed by atoms with van der Waals surface area (Å²) in [5.74, 6) is 0.168. The number of rotatable bonds is 3. The van der Waals surface area contributed by atoms with Crippen molar-refractivity contribution < 1.29 is 5.11 Å². The smallest absolute Gasteiger partial charge is 0.134 e. The first-order valence-electron chi connectivity index (χ1n) is 6.79. The molecule has 2 aromatic carbocycles. The van der Waals surface area contributed by atoms with Gasteiger partial charge in [-0.2, -0.15) is 5.26 Å². The van der Waals surface area contributed by atoms with Gasteiger partial charge in [0.1, 0.15) is 16.8 Å². The van der Waals surface area contributed by atoms with Crippen LogP contribution in [0.25, 0.3) is 22.9 Å². The molecule has 1 N–H and O–H groups in total. The second-order valence-corrected chi connectivity index (χ2v) is 6.50. The summed E-state index contributed by atoms with van der Waals surface area (Å²) in [6.45, 7) is 0. The van der Waals surface area contributed by atoms with Crippen LogP contribution in [0.5, 0.6) is 5.75 Å². The fraction of sp³-hybridized carbons (Fsp3) is 0. The van der Waals surface area contributed by atoms with Gasteiger partial charge in [0.15, 0.2) is 0 Å². The van der Waals surface area contributed by atoms with Crippen LogP contribution >= 0.6 is 27.3 Å². The van der Waals surface area contributed by atoms with Crippen LogP contribution in [-0.4, -0.2) is 10.1 Å². The van der Waals surface area contributed by atoms with Crippen molar-refractivity contribution in [1.29, 1.82) is 5.26 Å². The number of aromatic hydroxyl groups is 1. The van der Waals surface area contributed by atoms with Crippen molar-refractivity contribution in [3.8, 4) is 23.1 Å². The highest BCUT2D eigenvalue weighted by molar-refractivity contribution is 9.10. The zero-order valence-corrected chi connectivity index (χ0v) is 14.3. The van der Waals surface area contributed by atoms with Crippen LogP contribution in [0.3, 0.4) is 0 Å². The lowest BCUT2D eigenvalue weighted by molar-refractivity contribution is 0.472. The lowest BCUT2D eigenvalue weighted by Gasteiger charge is -1.99. The van der Waals surface area contributed by atoms with E-state index >= 15 is 0 Å². The van der Waals surface area contributed by atoms with E-state index in [9.17, 15) is 10.4 Å². The van der Waals surface area contributed by atoms with Gasteiger partial charge in [-0.25, -0.2) is 4.98 Å². The Morgan fingerprint density at radius 3 is 2.70 bits per heavy atom. The largest absolute Gasteiger partial charge is 0.507 e. The minimum atomic E-state index is 0.168. The molecule has 0 aliphatic heterocycles. The number of hydrogen-bond donors (Lipinski definition) is 1. The molecule has 112 valence electrons. The van der Waals surface area contributed by atoms with E-state index in [0.717, 1.165) is 16.8 Å². The van der Waals surface area contributed by atoms with E-state index in [-0.39, 0.29) is 5.75 Å². The molecule has 0 radical (unpaired) electrons. The molecule has 0 saturated carbocycles. The summed E-state index contributed by atoms with van der Waals surface area (Å²) in [6.07, 6.45) is 1.76. The van der Waals surface area contributed by atoms with Gasteiger partial charge in [0, 0.05) is 10.9 Å². The van der Waals surface area contributed by atoms with Crippen molar-refractivity contribution in [3.05, 3.63) is 69.0 Å². The standard InChI is InChI=1S/C18H11BrN2OS/c19-15-9-12(6-7-17(15)22)8-14(10-20)18-21-16(11-23-18)13-4-2-1-3-5-13/h1-9,11,22H. The Kier molecular flexibility index (Phi) is 4.56. The second kappa shape index (κ2) is 6.78. The van der Waals surface area contributed by atoms with Gasteiger partial charge < -0.3 is 5.11 Å². The molecule has 23 heavy (non-hydrogen) atoms. The molecule has 0 amide bonds. The number of hydrogen-bond acceptors (Lipinski definition) is 4. The molecule has 0 bridgehead atoms. The summed E-state index contributed by atoms with van der Waals surface area (Å²) < 4.78 is 0.590. The number of thiazole rings is 1. The van der Waals surface area contributed by atoms with Gasteiger partial charge in [-0.1, -0.05) is 36.4 Å². The first-order chi connectivity index (χ1) is 11.2. The summed E-state index contributed by atoms with van der Waals surface area (Å²) in [7, 11) is 0. The molecular formula is C18H11BrN2OS. The molecule has 3 nitrogen and oxygen atoms in total. The molecule has 0 atom stereocenters. The molecule has 5 heteroatoms. The molecule has 1 aromatic heterocycles. The quantitative estimate of drug-likeness (QED) is 0.621. The van der Waals surface area contributed by atoms with Gasteiger partial charge in [-0.15, -0.1) is 11.3 Å². The number of phenols is 1. The highest BCUT2D eigenvalue weighted by Gasteiger charge is 2.09. The number of aromatic nitrogens is 1. The highest BCUT2D eigenvalue weighted by atomic mass is 79.9. The van der Waals surface area contributed by atoms with Crippen LogP contribution in [-0.2, 0) is 0 Å². The third kappa shape index (κ3) is 3.50. The van der Waals surface area contributed by atoms with Crippen molar-refractivity contribution in [2.24, 2.45) is 0 Å². The van der Waals surface area contributed by atoms with E-state index < -0.39 is 0 Å². The predicted molar refractivity (Wildman–Crippen MR) is 96.8 cm³/mol. The van der Waals surface area contributed by atoms with Crippen molar-refractivity contribution in [2.75, 3.05) is 0 Å². The molecule has 0 fully saturated rings. The van der Waals surface area contributed by atoms with Crippen molar-refractivity contribution in [3.63, 3.8) is 0 Å². The Labute approximate surface area is 146 Å². The van der Waals surface area contributed by atoms with E-state index in [0.29, 0.717) is 15.1 Å². The molecule has 3 rings (SSSR count). The zero-order valence-electron chi connectivity index (χ0n) is 11.9. The normalized spacial score (nSPS) is 11.2. The van der Waals surface area contributed by atoms with Crippen LogP contribution in [0.1, 0.15) is 10.6 Å². The number of nitrogens with zero attached hydrogens (tertiary/aromatic N) is 2. The molecule has 0 aliphatic rings. The number of halogens is 1. The van der Waals surface area contributed by atoms with E-state index in [4.69, 9.17) is 0 Å². The Balaban J connectivity index is 1.96. The maximum Gasteiger partial charge on any atom is 0.134 e. The van der Waals surface area contributed by atoms with Crippen LogP contribution in [0.15, 0.2) is 58.4 Å². The summed E-state index contributed by atoms with van der Waals surface area (Å²) >= 11 is 4.71. The number of benzene rings is 2. The van der Waals surface area contributed by atoms with Gasteiger partial charge in [-0.3, -0.25) is 0 Å². The van der Waals surface area contributed by atoms with E-state index in [1.165, 1.54) is 11.3 Å². The number of phenolic OH excluding ortho intramolecular Hbond substituents is 1. The maximum absolute atomic E-state index is 9.54. The van der Waals surface area contributed by atoms with Gasteiger partial charge in [-0.05, 0) is 39.7 Å². The summed E-state index contributed by atoms with van der Waals surface area (Å²) in [4.78, 5) is 4.55. The summed E-state index contributed by atoms with van der Waals surface area (Å²) in [6, 6.07) is 17.2. The van der Waals surface area contributed by atoms with E-state index in [2.05, 4.69) is 27.0 Å².